The summed E-state index contributed by atoms with van der Waals surface area (Å²) in [5, 5.41) is 9.05. The molecule has 0 bridgehead atoms. The summed E-state index contributed by atoms with van der Waals surface area (Å²) in [4.78, 5) is 11.5. The van der Waals surface area contributed by atoms with Crippen molar-refractivity contribution in [1.82, 2.24) is 0 Å². The van der Waals surface area contributed by atoms with Crippen molar-refractivity contribution < 1.29 is 18.6 Å². The van der Waals surface area contributed by atoms with Crippen LogP contribution in [0.4, 0.5) is 0 Å². The average Bonchev–Trinajstić information content (AvgIpc) is 2.74. The number of rotatable bonds is 13. The molecule has 0 N–H and O–H groups in total. The molecule has 174 valence electrons. The van der Waals surface area contributed by atoms with E-state index < -0.39 is 0 Å². The minimum Gasteiger partial charge on any atom is -0.395 e. The largest absolute Gasteiger partial charge is 0.395 e. The molecular formula is C26H40N4O2+2. The van der Waals surface area contributed by atoms with Crippen LogP contribution in [0.15, 0.2) is 71.0 Å². The van der Waals surface area contributed by atoms with Crippen molar-refractivity contribution in [3.63, 3.8) is 0 Å². The van der Waals surface area contributed by atoms with Crippen LogP contribution in [-0.4, -0.2) is 89.0 Å². The van der Waals surface area contributed by atoms with E-state index >= 15 is 0 Å². The number of oxime groups is 2. The van der Waals surface area contributed by atoms with E-state index in [1.807, 2.05) is 60.7 Å². The predicted molar refractivity (Wildman–Crippen MR) is 133 cm³/mol. The Hall–Kier alpha value is -2.70. The van der Waals surface area contributed by atoms with Gasteiger partial charge in [0.05, 0.1) is 55.4 Å². The van der Waals surface area contributed by atoms with E-state index in [-0.39, 0.29) is 0 Å². The van der Waals surface area contributed by atoms with Crippen LogP contribution in [0.5, 0.6) is 0 Å². The Balaban J connectivity index is 2.24. The first-order chi connectivity index (χ1) is 15.2. The van der Waals surface area contributed by atoms with Crippen LogP contribution >= 0.6 is 0 Å². The molecular weight excluding hydrogens is 400 g/mol. The molecule has 0 aliphatic rings. The first kappa shape index (κ1) is 25.6. The van der Waals surface area contributed by atoms with Crippen LogP contribution in [0.25, 0.3) is 0 Å². The summed E-state index contributed by atoms with van der Waals surface area (Å²) in [6.07, 6.45) is 1.85. The Morgan fingerprint density at radius 2 is 0.938 bits per heavy atom. The van der Waals surface area contributed by atoms with E-state index in [9.17, 15) is 0 Å². The lowest BCUT2D eigenvalue weighted by Gasteiger charge is -2.23. The fourth-order valence-corrected chi connectivity index (χ4v) is 3.08. The fourth-order valence-electron chi connectivity index (χ4n) is 3.08. The second kappa shape index (κ2) is 12.4. The molecule has 32 heavy (non-hydrogen) atoms. The van der Waals surface area contributed by atoms with E-state index in [2.05, 4.69) is 52.6 Å². The molecule has 0 unspecified atom stereocenters. The van der Waals surface area contributed by atoms with Gasteiger partial charge in [0, 0.05) is 24.0 Å². The zero-order valence-corrected chi connectivity index (χ0v) is 20.6. The average molecular weight is 441 g/mol. The summed E-state index contributed by atoms with van der Waals surface area (Å²) >= 11 is 0. The van der Waals surface area contributed by atoms with Crippen LogP contribution in [0.2, 0.25) is 0 Å². The quantitative estimate of drug-likeness (QED) is 0.204. The van der Waals surface area contributed by atoms with Gasteiger partial charge in [0.1, 0.15) is 24.6 Å². The van der Waals surface area contributed by atoms with Crippen LogP contribution in [0.3, 0.4) is 0 Å². The smallest absolute Gasteiger partial charge is 0.139 e. The number of quaternary nitrogens is 2. The van der Waals surface area contributed by atoms with Gasteiger partial charge in [-0.1, -0.05) is 71.0 Å². The third-order valence-electron chi connectivity index (χ3n) is 4.76. The molecule has 2 rings (SSSR count). The van der Waals surface area contributed by atoms with Gasteiger partial charge in [-0.15, -0.1) is 0 Å². The van der Waals surface area contributed by atoms with Gasteiger partial charge in [0.15, 0.2) is 0 Å². The summed E-state index contributed by atoms with van der Waals surface area (Å²) in [6.45, 7) is 3.15. The van der Waals surface area contributed by atoms with Crippen molar-refractivity contribution in [1.29, 1.82) is 0 Å². The number of nitrogens with zero attached hydrogens (tertiary/aromatic N) is 4. The van der Waals surface area contributed by atoms with Gasteiger partial charge in [0.2, 0.25) is 0 Å². The maximum Gasteiger partial charge on any atom is 0.139 e. The molecule has 0 heterocycles. The van der Waals surface area contributed by atoms with E-state index in [1.165, 1.54) is 0 Å². The molecule has 6 nitrogen and oxygen atoms in total. The lowest BCUT2D eigenvalue weighted by molar-refractivity contribution is -0.870. The Labute approximate surface area is 193 Å². The first-order valence-corrected chi connectivity index (χ1v) is 11.3. The lowest BCUT2D eigenvalue weighted by Crippen LogP contribution is -2.35. The van der Waals surface area contributed by atoms with Gasteiger partial charge >= 0.3 is 0 Å². The summed E-state index contributed by atoms with van der Waals surface area (Å²) < 4.78 is 1.80. The van der Waals surface area contributed by atoms with Crippen molar-refractivity contribution in [3.05, 3.63) is 71.8 Å². The normalized spacial score (nSPS) is 13.2. The molecule has 0 spiro atoms. The first-order valence-electron chi connectivity index (χ1n) is 11.3. The summed E-state index contributed by atoms with van der Waals surface area (Å²) in [5.41, 5.74) is 3.23. The van der Waals surface area contributed by atoms with E-state index in [4.69, 9.17) is 9.68 Å². The predicted octanol–water partition coefficient (Wildman–Crippen LogP) is 4.02. The molecule has 0 saturated carbocycles. The molecule has 0 aliphatic heterocycles. The fraction of sp³-hybridized carbons (Fsp3) is 0.462. The SMILES string of the molecule is C[N+](C)(C)CCCO/N=C(\C(=N/OCCC[N+](C)(C)C)c1ccccc1)c1ccccc1. The molecule has 0 saturated heterocycles. The maximum absolute atomic E-state index is 5.76. The number of benzene rings is 2. The molecule has 0 amide bonds. The molecule has 0 aliphatic carbocycles. The highest BCUT2D eigenvalue weighted by Crippen LogP contribution is 2.12. The molecule has 2 aromatic carbocycles. The van der Waals surface area contributed by atoms with E-state index in [1.54, 1.807) is 0 Å². The standard InChI is InChI=1S/C26H40N4O2/c1-29(2,3)19-13-21-31-27-25(23-15-9-7-10-16-23)26(24-17-11-8-12-18-24)28-32-22-14-20-30(4,5)6/h7-12,15-18H,13-14,19-22H2,1-6H3/q+2/b27-25-,28-26-. The summed E-state index contributed by atoms with van der Waals surface area (Å²) in [5.74, 6) is 0. The number of hydrogen-bond acceptors (Lipinski definition) is 4. The topological polar surface area (TPSA) is 43.2 Å². The Kier molecular flexibility index (Phi) is 9.88. The zero-order valence-electron chi connectivity index (χ0n) is 20.6. The summed E-state index contributed by atoms with van der Waals surface area (Å²) in [7, 11) is 13.1. The van der Waals surface area contributed by atoms with Crippen LogP contribution in [0.1, 0.15) is 24.0 Å². The third-order valence-corrected chi connectivity index (χ3v) is 4.76. The minimum absolute atomic E-state index is 0.554. The van der Waals surface area contributed by atoms with Gasteiger partial charge in [-0.2, -0.15) is 0 Å². The van der Waals surface area contributed by atoms with Crippen molar-refractivity contribution >= 4 is 11.4 Å². The van der Waals surface area contributed by atoms with Crippen molar-refractivity contribution in [3.8, 4) is 0 Å². The van der Waals surface area contributed by atoms with Gasteiger partial charge in [0.25, 0.3) is 0 Å². The van der Waals surface area contributed by atoms with Crippen molar-refractivity contribution in [2.24, 2.45) is 10.3 Å². The van der Waals surface area contributed by atoms with Gasteiger partial charge < -0.3 is 18.6 Å². The monoisotopic (exact) mass is 440 g/mol. The Morgan fingerprint density at radius 3 is 1.25 bits per heavy atom. The van der Waals surface area contributed by atoms with Crippen LogP contribution < -0.4 is 0 Å². The molecule has 6 heteroatoms. The van der Waals surface area contributed by atoms with Crippen molar-refractivity contribution in [2.45, 2.75) is 12.8 Å². The van der Waals surface area contributed by atoms with Gasteiger partial charge in [-0.3, -0.25) is 0 Å². The molecule has 0 fully saturated rings. The van der Waals surface area contributed by atoms with Gasteiger partial charge in [-0.05, 0) is 0 Å². The zero-order chi connectivity index (χ0) is 23.5. The van der Waals surface area contributed by atoms with Crippen LogP contribution in [-0.2, 0) is 9.68 Å². The van der Waals surface area contributed by atoms with E-state index in [0.717, 1.165) is 46.0 Å². The van der Waals surface area contributed by atoms with Crippen LogP contribution in [0, 0.1) is 0 Å². The molecule has 0 aromatic heterocycles. The maximum atomic E-state index is 5.76. The highest BCUT2D eigenvalue weighted by atomic mass is 16.6. The highest BCUT2D eigenvalue weighted by Gasteiger charge is 2.17. The second-order valence-electron chi connectivity index (χ2n) is 10.0. The molecule has 0 radical (unpaired) electrons. The number of hydrogen-bond donors (Lipinski definition) is 0. The van der Waals surface area contributed by atoms with Crippen molar-refractivity contribution in [2.75, 3.05) is 68.6 Å². The highest BCUT2D eigenvalue weighted by molar-refractivity contribution is 6.53. The van der Waals surface area contributed by atoms with Gasteiger partial charge in [-0.25, -0.2) is 0 Å². The lowest BCUT2D eigenvalue weighted by atomic mass is 10.00. The molecule has 2 aromatic rings. The summed E-state index contributed by atoms with van der Waals surface area (Å²) in [6, 6.07) is 20.0. The third kappa shape index (κ3) is 10.1. The Morgan fingerprint density at radius 1 is 0.594 bits per heavy atom. The Bertz CT molecular complexity index is 777. The van der Waals surface area contributed by atoms with E-state index in [0.29, 0.717) is 24.6 Å². The molecule has 0 atom stereocenters. The minimum atomic E-state index is 0.554. The second-order valence-corrected chi connectivity index (χ2v) is 10.0.